The summed E-state index contributed by atoms with van der Waals surface area (Å²) in [6, 6.07) is 2.32. The van der Waals surface area contributed by atoms with Crippen molar-refractivity contribution in [2.75, 3.05) is 5.33 Å². The lowest BCUT2D eigenvalue weighted by molar-refractivity contribution is 0.0616. The molecule has 2 heteroatoms. The molecular formula is C11H22BrN. The number of likely N-dealkylation sites (tertiary alicyclic amines) is 1. The van der Waals surface area contributed by atoms with Gasteiger partial charge in [-0.3, -0.25) is 4.90 Å². The van der Waals surface area contributed by atoms with Crippen molar-refractivity contribution in [3.8, 4) is 0 Å². The molecule has 0 radical (unpaired) electrons. The van der Waals surface area contributed by atoms with Gasteiger partial charge in [0.2, 0.25) is 0 Å². The first-order valence-corrected chi connectivity index (χ1v) is 6.62. The van der Waals surface area contributed by atoms with Gasteiger partial charge in [0.05, 0.1) is 0 Å². The van der Waals surface area contributed by atoms with E-state index in [0.717, 1.165) is 23.5 Å². The van der Waals surface area contributed by atoms with Gasteiger partial charge in [0.1, 0.15) is 0 Å². The molecule has 1 saturated heterocycles. The van der Waals surface area contributed by atoms with Crippen LogP contribution in [0.3, 0.4) is 0 Å². The van der Waals surface area contributed by atoms with E-state index in [4.69, 9.17) is 0 Å². The molecule has 0 aromatic carbocycles. The number of hydrogen-bond acceptors (Lipinski definition) is 1. The van der Waals surface area contributed by atoms with Gasteiger partial charge in [0, 0.05) is 23.5 Å². The summed E-state index contributed by atoms with van der Waals surface area (Å²) in [5.41, 5.74) is 0. The Morgan fingerprint density at radius 2 is 1.85 bits per heavy atom. The molecule has 1 rings (SSSR count). The van der Waals surface area contributed by atoms with Crippen LogP contribution < -0.4 is 0 Å². The molecule has 0 saturated carbocycles. The Hall–Kier alpha value is 0.440. The molecule has 1 fully saturated rings. The topological polar surface area (TPSA) is 3.24 Å². The molecule has 0 bridgehead atoms. The predicted molar refractivity (Wildman–Crippen MR) is 62.5 cm³/mol. The van der Waals surface area contributed by atoms with E-state index in [1.54, 1.807) is 0 Å². The fraction of sp³-hybridized carbons (Fsp3) is 1.00. The fourth-order valence-electron chi connectivity index (χ4n) is 2.62. The Morgan fingerprint density at radius 3 is 2.31 bits per heavy atom. The molecule has 1 aliphatic heterocycles. The van der Waals surface area contributed by atoms with Gasteiger partial charge in [0.15, 0.2) is 0 Å². The van der Waals surface area contributed by atoms with Crippen molar-refractivity contribution in [1.82, 2.24) is 4.90 Å². The van der Waals surface area contributed by atoms with Gasteiger partial charge in [-0.2, -0.15) is 0 Å². The number of nitrogens with zero attached hydrogens (tertiary/aromatic N) is 1. The molecule has 0 aliphatic carbocycles. The standard InChI is InChI=1S/C11H22BrN/c1-9-5-4-6-10(2)13(9)11(3)7-8-12/h9-11H,4-8H2,1-3H3. The third kappa shape index (κ3) is 2.95. The first-order valence-electron chi connectivity index (χ1n) is 5.50. The van der Waals surface area contributed by atoms with Crippen LogP contribution in [0.25, 0.3) is 0 Å². The summed E-state index contributed by atoms with van der Waals surface area (Å²) >= 11 is 3.53. The Balaban J connectivity index is 2.51. The van der Waals surface area contributed by atoms with Gasteiger partial charge >= 0.3 is 0 Å². The molecule has 3 atom stereocenters. The highest BCUT2D eigenvalue weighted by Gasteiger charge is 2.27. The fourth-order valence-corrected chi connectivity index (χ4v) is 3.28. The normalized spacial score (nSPS) is 33.2. The average Bonchev–Trinajstić information content (AvgIpc) is 2.04. The van der Waals surface area contributed by atoms with E-state index in [1.165, 1.54) is 25.7 Å². The van der Waals surface area contributed by atoms with Crippen molar-refractivity contribution in [3.05, 3.63) is 0 Å². The summed E-state index contributed by atoms with van der Waals surface area (Å²) in [4.78, 5) is 2.70. The van der Waals surface area contributed by atoms with Crippen LogP contribution in [0.1, 0.15) is 46.5 Å². The summed E-state index contributed by atoms with van der Waals surface area (Å²) in [7, 11) is 0. The number of alkyl halides is 1. The van der Waals surface area contributed by atoms with Crippen LogP contribution in [0.5, 0.6) is 0 Å². The molecule has 1 aliphatic rings. The summed E-state index contributed by atoms with van der Waals surface area (Å²) in [5, 5.41) is 1.13. The summed E-state index contributed by atoms with van der Waals surface area (Å²) in [6.07, 6.45) is 5.46. The van der Waals surface area contributed by atoms with Gasteiger partial charge in [-0.15, -0.1) is 0 Å². The highest BCUT2D eigenvalue weighted by atomic mass is 79.9. The molecule has 0 spiro atoms. The second-order valence-corrected chi connectivity index (χ2v) is 5.20. The Kier molecular flexibility index (Phi) is 4.74. The zero-order chi connectivity index (χ0) is 9.84. The van der Waals surface area contributed by atoms with E-state index in [-0.39, 0.29) is 0 Å². The smallest absolute Gasteiger partial charge is 0.00805 e. The Labute approximate surface area is 91.0 Å². The van der Waals surface area contributed by atoms with Crippen LogP contribution in [0, 0.1) is 0 Å². The van der Waals surface area contributed by atoms with Gasteiger partial charge in [-0.1, -0.05) is 22.4 Å². The van der Waals surface area contributed by atoms with Crippen molar-refractivity contribution < 1.29 is 0 Å². The lowest BCUT2D eigenvalue weighted by atomic mass is 9.95. The van der Waals surface area contributed by atoms with E-state index in [2.05, 4.69) is 41.6 Å². The third-order valence-electron chi connectivity index (χ3n) is 3.30. The lowest BCUT2D eigenvalue weighted by Crippen LogP contribution is -2.48. The predicted octanol–water partition coefficient (Wildman–Crippen LogP) is 3.42. The van der Waals surface area contributed by atoms with E-state index in [9.17, 15) is 0 Å². The van der Waals surface area contributed by atoms with E-state index < -0.39 is 0 Å². The largest absolute Gasteiger partial charge is 0.295 e. The first kappa shape index (κ1) is 11.5. The lowest BCUT2D eigenvalue weighted by Gasteiger charge is -2.43. The summed E-state index contributed by atoms with van der Waals surface area (Å²) in [6.45, 7) is 7.11. The maximum Gasteiger partial charge on any atom is 0.00805 e. The zero-order valence-corrected chi connectivity index (χ0v) is 10.7. The van der Waals surface area contributed by atoms with Crippen LogP contribution in [-0.2, 0) is 0 Å². The van der Waals surface area contributed by atoms with Crippen LogP contribution in [-0.4, -0.2) is 28.4 Å². The highest BCUT2D eigenvalue weighted by molar-refractivity contribution is 9.09. The van der Waals surface area contributed by atoms with Crippen LogP contribution in [0.4, 0.5) is 0 Å². The number of halogens is 1. The van der Waals surface area contributed by atoms with E-state index in [1.807, 2.05) is 0 Å². The number of hydrogen-bond donors (Lipinski definition) is 0. The quantitative estimate of drug-likeness (QED) is 0.692. The van der Waals surface area contributed by atoms with Gasteiger partial charge in [-0.25, -0.2) is 0 Å². The second kappa shape index (κ2) is 5.35. The van der Waals surface area contributed by atoms with Crippen LogP contribution >= 0.6 is 15.9 Å². The summed E-state index contributed by atoms with van der Waals surface area (Å²) in [5.74, 6) is 0. The van der Waals surface area contributed by atoms with Crippen molar-refractivity contribution >= 4 is 15.9 Å². The molecule has 1 nitrogen and oxygen atoms in total. The van der Waals surface area contributed by atoms with Crippen molar-refractivity contribution in [3.63, 3.8) is 0 Å². The first-order chi connectivity index (χ1) is 6.16. The Morgan fingerprint density at radius 1 is 1.31 bits per heavy atom. The van der Waals surface area contributed by atoms with E-state index in [0.29, 0.717) is 0 Å². The molecule has 0 aromatic heterocycles. The number of piperidine rings is 1. The van der Waals surface area contributed by atoms with Gasteiger partial charge in [0.25, 0.3) is 0 Å². The molecule has 0 amide bonds. The van der Waals surface area contributed by atoms with Crippen LogP contribution in [0.15, 0.2) is 0 Å². The minimum Gasteiger partial charge on any atom is -0.295 e. The van der Waals surface area contributed by atoms with Gasteiger partial charge < -0.3 is 0 Å². The molecule has 3 unspecified atom stereocenters. The zero-order valence-electron chi connectivity index (χ0n) is 9.09. The maximum atomic E-state index is 3.53. The molecule has 13 heavy (non-hydrogen) atoms. The van der Waals surface area contributed by atoms with Crippen LogP contribution in [0.2, 0.25) is 0 Å². The van der Waals surface area contributed by atoms with Crippen molar-refractivity contribution in [2.24, 2.45) is 0 Å². The second-order valence-electron chi connectivity index (χ2n) is 4.40. The molecule has 78 valence electrons. The van der Waals surface area contributed by atoms with Gasteiger partial charge in [-0.05, 0) is 40.0 Å². The molecule has 1 heterocycles. The number of rotatable bonds is 3. The molecule has 0 aromatic rings. The minimum absolute atomic E-state index is 0.740. The SMILES string of the molecule is CC(CCBr)N1C(C)CCCC1C. The average molecular weight is 248 g/mol. The summed E-state index contributed by atoms with van der Waals surface area (Å²) < 4.78 is 0. The van der Waals surface area contributed by atoms with Crippen molar-refractivity contribution in [1.29, 1.82) is 0 Å². The van der Waals surface area contributed by atoms with E-state index >= 15 is 0 Å². The molecule has 0 N–H and O–H groups in total. The van der Waals surface area contributed by atoms with Crippen molar-refractivity contribution in [2.45, 2.75) is 64.6 Å². The molecular weight excluding hydrogens is 226 g/mol. The Bertz CT molecular complexity index is 139. The third-order valence-corrected chi connectivity index (χ3v) is 3.76. The minimum atomic E-state index is 0.740. The maximum absolute atomic E-state index is 3.53. The highest BCUT2D eigenvalue weighted by Crippen LogP contribution is 2.25. The monoisotopic (exact) mass is 247 g/mol.